The van der Waals surface area contributed by atoms with E-state index in [1.165, 1.54) is 6.20 Å². The van der Waals surface area contributed by atoms with E-state index in [2.05, 4.69) is 20.9 Å². The molecular formula is C12H5BrF2IN3S. The van der Waals surface area contributed by atoms with Crippen LogP contribution < -0.4 is 5.73 Å². The minimum atomic E-state index is -1.09. The van der Waals surface area contributed by atoms with E-state index in [1.54, 1.807) is 12.1 Å². The smallest absolute Gasteiger partial charge is 0.184 e. The fourth-order valence-corrected chi connectivity index (χ4v) is 3.64. The maximum absolute atomic E-state index is 14.0. The monoisotopic (exact) mass is 467 g/mol. The van der Waals surface area contributed by atoms with Gasteiger partial charge < -0.3 is 5.73 Å². The number of halogens is 4. The van der Waals surface area contributed by atoms with Crippen molar-refractivity contribution < 1.29 is 8.78 Å². The highest BCUT2D eigenvalue weighted by atomic mass is 127. The van der Waals surface area contributed by atoms with Gasteiger partial charge in [0.25, 0.3) is 0 Å². The van der Waals surface area contributed by atoms with Crippen molar-refractivity contribution in [3.05, 3.63) is 43.7 Å². The Labute approximate surface area is 139 Å². The highest BCUT2D eigenvalue weighted by molar-refractivity contribution is 14.1. The van der Waals surface area contributed by atoms with Crippen LogP contribution in [-0.2, 0) is 0 Å². The lowest BCUT2D eigenvalue weighted by Gasteiger charge is -2.11. The van der Waals surface area contributed by atoms with Crippen molar-refractivity contribution in [1.29, 1.82) is 5.26 Å². The van der Waals surface area contributed by atoms with Crippen LogP contribution in [0.25, 0.3) is 0 Å². The van der Waals surface area contributed by atoms with Gasteiger partial charge in [-0.05, 0) is 50.7 Å². The standard InChI is InChI=1S/C12H5BrF2IN3S/c13-7-10(16)11(18)8(14)9(15)12(7)20-6-2-1-3-19-5(6)4-17/h1-3H,18H2. The summed E-state index contributed by atoms with van der Waals surface area (Å²) < 4.78 is 28.4. The molecule has 0 aliphatic carbocycles. The fraction of sp³-hybridized carbons (Fsp3) is 0. The first kappa shape index (κ1) is 15.5. The molecule has 0 atom stereocenters. The van der Waals surface area contributed by atoms with E-state index >= 15 is 0 Å². The first-order valence-electron chi connectivity index (χ1n) is 5.11. The molecule has 0 aliphatic heterocycles. The summed E-state index contributed by atoms with van der Waals surface area (Å²) >= 11 is 5.95. The molecule has 102 valence electrons. The second-order valence-electron chi connectivity index (χ2n) is 3.56. The minimum Gasteiger partial charge on any atom is -0.395 e. The lowest BCUT2D eigenvalue weighted by atomic mass is 10.3. The van der Waals surface area contributed by atoms with Gasteiger partial charge in [-0.1, -0.05) is 11.8 Å². The van der Waals surface area contributed by atoms with Crippen molar-refractivity contribution in [2.45, 2.75) is 9.79 Å². The third-order valence-electron chi connectivity index (χ3n) is 2.35. The zero-order valence-corrected chi connectivity index (χ0v) is 14.2. The zero-order valence-electron chi connectivity index (χ0n) is 9.62. The fourth-order valence-electron chi connectivity index (χ4n) is 1.38. The number of nitrogen functional groups attached to an aromatic ring is 1. The summed E-state index contributed by atoms with van der Waals surface area (Å²) in [6, 6.07) is 5.14. The van der Waals surface area contributed by atoms with E-state index in [0.717, 1.165) is 11.8 Å². The summed E-state index contributed by atoms with van der Waals surface area (Å²) in [4.78, 5) is 4.35. The SMILES string of the molecule is N#Cc1ncccc1Sc1c(F)c(F)c(N)c(I)c1Br. The van der Waals surface area contributed by atoms with Gasteiger partial charge in [-0.15, -0.1) is 0 Å². The van der Waals surface area contributed by atoms with Gasteiger partial charge in [0.05, 0.1) is 18.6 Å². The third-order valence-corrected chi connectivity index (χ3v) is 6.40. The Bertz CT molecular complexity index is 704. The molecule has 0 unspecified atom stereocenters. The first-order chi connectivity index (χ1) is 9.47. The van der Waals surface area contributed by atoms with Crippen LogP contribution in [-0.4, -0.2) is 4.98 Å². The molecule has 3 nitrogen and oxygen atoms in total. The molecule has 0 amide bonds. The number of aromatic nitrogens is 1. The highest BCUT2D eigenvalue weighted by Gasteiger charge is 2.22. The van der Waals surface area contributed by atoms with Crippen LogP contribution in [0, 0.1) is 26.5 Å². The normalized spacial score (nSPS) is 10.3. The summed E-state index contributed by atoms with van der Waals surface area (Å²) in [6.45, 7) is 0. The predicted molar refractivity (Wildman–Crippen MR) is 84.3 cm³/mol. The molecule has 0 bridgehead atoms. The zero-order chi connectivity index (χ0) is 14.9. The van der Waals surface area contributed by atoms with Gasteiger partial charge >= 0.3 is 0 Å². The lowest BCUT2D eigenvalue weighted by molar-refractivity contribution is 0.492. The highest BCUT2D eigenvalue weighted by Crippen LogP contribution is 2.42. The van der Waals surface area contributed by atoms with E-state index in [1.807, 2.05) is 28.7 Å². The molecule has 0 spiro atoms. The third kappa shape index (κ3) is 2.75. The number of hydrogen-bond acceptors (Lipinski definition) is 4. The summed E-state index contributed by atoms with van der Waals surface area (Å²) in [5, 5.41) is 8.96. The summed E-state index contributed by atoms with van der Waals surface area (Å²) in [7, 11) is 0. The molecule has 0 radical (unpaired) electrons. The Balaban J connectivity index is 2.58. The van der Waals surface area contributed by atoms with Gasteiger partial charge in [0.15, 0.2) is 17.3 Å². The van der Waals surface area contributed by atoms with Crippen molar-refractivity contribution >= 4 is 56.0 Å². The summed E-state index contributed by atoms with van der Waals surface area (Å²) in [5.74, 6) is -2.14. The van der Waals surface area contributed by atoms with E-state index in [0.29, 0.717) is 12.9 Å². The quantitative estimate of drug-likeness (QED) is 0.405. The number of nitrogens with two attached hydrogens (primary N) is 1. The van der Waals surface area contributed by atoms with E-state index in [4.69, 9.17) is 11.0 Å². The molecular weight excluding hydrogens is 463 g/mol. The van der Waals surface area contributed by atoms with Crippen molar-refractivity contribution in [2.75, 3.05) is 5.73 Å². The van der Waals surface area contributed by atoms with Crippen LogP contribution in [0.4, 0.5) is 14.5 Å². The molecule has 20 heavy (non-hydrogen) atoms. The Kier molecular flexibility index (Phi) is 4.82. The largest absolute Gasteiger partial charge is 0.395 e. The van der Waals surface area contributed by atoms with Crippen molar-refractivity contribution in [1.82, 2.24) is 4.98 Å². The van der Waals surface area contributed by atoms with Crippen LogP contribution >= 0.6 is 50.3 Å². The number of benzene rings is 1. The van der Waals surface area contributed by atoms with Crippen molar-refractivity contribution in [2.24, 2.45) is 0 Å². The molecule has 1 aromatic heterocycles. The molecule has 1 aromatic carbocycles. The number of nitrogens with zero attached hydrogens (tertiary/aromatic N) is 2. The lowest BCUT2D eigenvalue weighted by Crippen LogP contribution is -2.02. The molecule has 2 N–H and O–H groups in total. The Morgan fingerprint density at radius 2 is 2.10 bits per heavy atom. The maximum Gasteiger partial charge on any atom is 0.184 e. The predicted octanol–water partition coefficient (Wildman–Crippen LogP) is 4.33. The van der Waals surface area contributed by atoms with Crippen LogP contribution in [0.5, 0.6) is 0 Å². The summed E-state index contributed by atoms with van der Waals surface area (Å²) in [6.07, 6.45) is 1.46. The number of pyridine rings is 1. The summed E-state index contributed by atoms with van der Waals surface area (Å²) in [5.41, 5.74) is 5.38. The number of hydrogen-bond donors (Lipinski definition) is 1. The molecule has 2 rings (SSSR count). The topological polar surface area (TPSA) is 62.7 Å². The second kappa shape index (κ2) is 6.24. The average molecular weight is 468 g/mol. The molecule has 2 aromatic rings. The maximum atomic E-state index is 14.0. The van der Waals surface area contributed by atoms with Crippen LogP contribution in [0.1, 0.15) is 5.69 Å². The van der Waals surface area contributed by atoms with Crippen molar-refractivity contribution in [3.8, 4) is 6.07 Å². The van der Waals surface area contributed by atoms with Crippen LogP contribution in [0.15, 0.2) is 32.6 Å². The molecule has 8 heteroatoms. The van der Waals surface area contributed by atoms with Gasteiger partial charge in [0.2, 0.25) is 0 Å². The number of rotatable bonds is 2. The van der Waals surface area contributed by atoms with E-state index < -0.39 is 11.6 Å². The number of nitriles is 1. The van der Waals surface area contributed by atoms with Crippen molar-refractivity contribution in [3.63, 3.8) is 0 Å². The van der Waals surface area contributed by atoms with Gasteiger partial charge in [0, 0.05) is 11.1 Å². The van der Waals surface area contributed by atoms with E-state index in [9.17, 15) is 8.78 Å². The van der Waals surface area contributed by atoms with Gasteiger partial charge in [-0.25, -0.2) is 13.8 Å². The molecule has 0 saturated heterocycles. The Morgan fingerprint density at radius 3 is 2.75 bits per heavy atom. The van der Waals surface area contributed by atoms with Gasteiger partial charge in [-0.3, -0.25) is 0 Å². The first-order valence-corrected chi connectivity index (χ1v) is 7.80. The Hall–Kier alpha value is -0.920. The molecule has 0 saturated carbocycles. The van der Waals surface area contributed by atoms with Gasteiger partial charge in [-0.2, -0.15) is 5.26 Å². The number of anilines is 1. The average Bonchev–Trinajstić information content (AvgIpc) is 2.48. The molecule has 0 fully saturated rings. The molecule has 0 aliphatic rings. The van der Waals surface area contributed by atoms with E-state index in [-0.39, 0.29) is 16.3 Å². The molecule has 1 heterocycles. The van der Waals surface area contributed by atoms with Gasteiger partial charge in [0.1, 0.15) is 6.07 Å². The Morgan fingerprint density at radius 1 is 1.40 bits per heavy atom. The van der Waals surface area contributed by atoms with Crippen LogP contribution in [0.2, 0.25) is 0 Å². The van der Waals surface area contributed by atoms with Crippen LogP contribution in [0.3, 0.4) is 0 Å². The second-order valence-corrected chi connectivity index (χ2v) is 6.49. The minimum absolute atomic E-state index is 0.0330.